The summed E-state index contributed by atoms with van der Waals surface area (Å²) in [5.41, 5.74) is -0.735. The second-order valence-corrected chi connectivity index (χ2v) is 9.08. The van der Waals surface area contributed by atoms with Crippen LogP contribution in [0.3, 0.4) is 0 Å². The van der Waals surface area contributed by atoms with Crippen molar-refractivity contribution in [3.8, 4) is 0 Å². The molecule has 1 heterocycles. The highest BCUT2D eigenvalue weighted by atomic mass is 32.2. The number of anilines is 1. The Labute approximate surface area is 166 Å². The van der Waals surface area contributed by atoms with E-state index in [1.165, 1.54) is 35.0 Å². The predicted octanol–water partition coefficient (Wildman–Crippen LogP) is 3.04. The molecule has 2 rings (SSSR count). The summed E-state index contributed by atoms with van der Waals surface area (Å²) < 4.78 is 61.6. The third-order valence-electron chi connectivity index (χ3n) is 4.30. The van der Waals surface area contributed by atoms with E-state index in [-0.39, 0.29) is 30.3 Å². The van der Waals surface area contributed by atoms with Crippen molar-refractivity contribution < 1.29 is 26.4 Å². The first-order chi connectivity index (χ1) is 13.4. The van der Waals surface area contributed by atoms with Crippen LogP contribution in [-0.4, -0.2) is 30.9 Å². The molecule has 158 valence electrons. The molecule has 0 aliphatic heterocycles. The van der Waals surface area contributed by atoms with Gasteiger partial charge >= 0.3 is 6.18 Å². The monoisotopic (exact) mass is 430 g/mol. The average Bonchev–Trinajstić information content (AvgIpc) is 2.61. The molecule has 10 heteroatoms. The molecule has 0 aliphatic carbocycles. The van der Waals surface area contributed by atoms with Gasteiger partial charge in [0.1, 0.15) is 15.5 Å². The highest BCUT2D eigenvalue weighted by Gasteiger charge is 2.30. The van der Waals surface area contributed by atoms with Gasteiger partial charge in [0.15, 0.2) is 0 Å². The molecule has 0 bridgehead atoms. The fourth-order valence-corrected chi connectivity index (χ4v) is 3.20. The minimum atomic E-state index is -4.43. The minimum Gasteiger partial charge on any atom is -0.321 e. The zero-order valence-corrected chi connectivity index (χ0v) is 16.7. The van der Waals surface area contributed by atoms with Crippen LogP contribution in [-0.2, 0) is 27.4 Å². The SMILES string of the molecule is C[C@@H](CC(=O)Nc1cccn(CCS(C)(=O)=O)c1=O)c1ccc(C(F)(F)F)cc1. The number of carbonyl (C=O) groups is 1. The van der Waals surface area contributed by atoms with Crippen molar-refractivity contribution in [1.29, 1.82) is 0 Å². The van der Waals surface area contributed by atoms with Crippen molar-refractivity contribution in [2.45, 2.75) is 32.0 Å². The van der Waals surface area contributed by atoms with Gasteiger partial charge in [-0.25, -0.2) is 8.42 Å². The molecule has 1 atom stereocenters. The zero-order valence-electron chi connectivity index (χ0n) is 15.9. The van der Waals surface area contributed by atoms with E-state index in [9.17, 15) is 31.2 Å². The van der Waals surface area contributed by atoms with Crippen LogP contribution >= 0.6 is 0 Å². The first-order valence-electron chi connectivity index (χ1n) is 8.71. The first-order valence-corrected chi connectivity index (χ1v) is 10.8. The molecule has 0 fully saturated rings. The number of amides is 1. The van der Waals surface area contributed by atoms with Gasteiger partial charge in [-0.3, -0.25) is 9.59 Å². The summed E-state index contributed by atoms with van der Waals surface area (Å²) in [5.74, 6) is -1.06. The lowest BCUT2D eigenvalue weighted by atomic mass is 9.96. The molecule has 0 unspecified atom stereocenters. The molecule has 2 aromatic rings. The van der Waals surface area contributed by atoms with E-state index in [2.05, 4.69) is 5.32 Å². The molecule has 1 amide bonds. The third-order valence-corrected chi connectivity index (χ3v) is 5.22. The lowest BCUT2D eigenvalue weighted by Crippen LogP contribution is -2.27. The molecule has 0 radical (unpaired) electrons. The Kier molecular flexibility index (Phi) is 6.89. The van der Waals surface area contributed by atoms with Crippen molar-refractivity contribution in [2.75, 3.05) is 17.3 Å². The van der Waals surface area contributed by atoms with Crippen LogP contribution in [0.5, 0.6) is 0 Å². The van der Waals surface area contributed by atoms with Crippen LogP contribution in [0, 0.1) is 0 Å². The molecule has 1 N–H and O–H groups in total. The molecule has 1 aromatic carbocycles. The van der Waals surface area contributed by atoms with Gasteiger partial charge in [-0.15, -0.1) is 0 Å². The van der Waals surface area contributed by atoms with Crippen LogP contribution in [0.25, 0.3) is 0 Å². The van der Waals surface area contributed by atoms with Crippen LogP contribution in [0.1, 0.15) is 30.4 Å². The summed E-state index contributed by atoms with van der Waals surface area (Å²) in [6.07, 6.45) is -1.98. The second-order valence-electron chi connectivity index (χ2n) is 6.82. The van der Waals surface area contributed by atoms with E-state index in [4.69, 9.17) is 0 Å². The van der Waals surface area contributed by atoms with E-state index >= 15 is 0 Å². The highest BCUT2D eigenvalue weighted by molar-refractivity contribution is 7.90. The number of carbonyl (C=O) groups excluding carboxylic acids is 1. The van der Waals surface area contributed by atoms with Gasteiger partial charge < -0.3 is 9.88 Å². The second kappa shape index (κ2) is 8.81. The van der Waals surface area contributed by atoms with E-state index in [0.717, 1.165) is 18.4 Å². The maximum Gasteiger partial charge on any atom is 0.416 e. The van der Waals surface area contributed by atoms with E-state index < -0.39 is 33.0 Å². The third kappa shape index (κ3) is 6.74. The zero-order chi connectivity index (χ0) is 21.8. The van der Waals surface area contributed by atoms with Crippen molar-refractivity contribution >= 4 is 21.4 Å². The number of pyridine rings is 1. The molecule has 1 aromatic heterocycles. The van der Waals surface area contributed by atoms with E-state index in [1.54, 1.807) is 6.92 Å². The molecule has 0 saturated carbocycles. The van der Waals surface area contributed by atoms with Crippen molar-refractivity contribution in [3.05, 3.63) is 64.1 Å². The number of benzene rings is 1. The van der Waals surface area contributed by atoms with E-state index in [1.807, 2.05) is 0 Å². The summed E-state index contributed by atoms with van der Waals surface area (Å²) in [5, 5.41) is 2.48. The Morgan fingerprint density at radius 3 is 2.34 bits per heavy atom. The van der Waals surface area contributed by atoms with Crippen LogP contribution in [0.4, 0.5) is 18.9 Å². The Hall–Kier alpha value is -2.62. The van der Waals surface area contributed by atoms with Crippen molar-refractivity contribution in [2.24, 2.45) is 0 Å². The topological polar surface area (TPSA) is 85.2 Å². The molecule has 29 heavy (non-hydrogen) atoms. The van der Waals surface area contributed by atoms with Gasteiger partial charge in [0, 0.05) is 25.4 Å². The maximum atomic E-state index is 12.6. The first kappa shape index (κ1) is 22.7. The number of aromatic nitrogens is 1. The highest BCUT2D eigenvalue weighted by Crippen LogP contribution is 2.30. The van der Waals surface area contributed by atoms with E-state index in [0.29, 0.717) is 5.56 Å². The normalized spacial score (nSPS) is 13.1. The molecule has 6 nitrogen and oxygen atoms in total. The molecule has 0 spiro atoms. The number of nitrogens with zero attached hydrogens (tertiary/aromatic N) is 1. The van der Waals surface area contributed by atoms with Gasteiger partial charge in [0.25, 0.3) is 5.56 Å². The van der Waals surface area contributed by atoms with Crippen LogP contribution < -0.4 is 10.9 Å². The lowest BCUT2D eigenvalue weighted by molar-refractivity contribution is -0.137. The van der Waals surface area contributed by atoms with Crippen molar-refractivity contribution in [3.63, 3.8) is 0 Å². The van der Waals surface area contributed by atoms with Gasteiger partial charge in [-0.1, -0.05) is 19.1 Å². The fraction of sp³-hybridized carbons (Fsp3) is 0.368. The van der Waals surface area contributed by atoms with Gasteiger partial charge in [-0.05, 0) is 35.7 Å². The Balaban J connectivity index is 2.04. The Bertz CT molecular complexity index is 1030. The smallest absolute Gasteiger partial charge is 0.321 e. The number of hydrogen-bond acceptors (Lipinski definition) is 4. The predicted molar refractivity (Wildman–Crippen MR) is 104 cm³/mol. The standard InChI is InChI=1S/C19H21F3N2O4S/c1-13(14-5-7-15(8-6-14)19(20,21)22)12-17(25)23-16-4-3-9-24(18(16)26)10-11-29(2,27)28/h3-9,13H,10-12H2,1-2H3,(H,23,25)/t13-/m0/s1. The molecule has 0 saturated heterocycles. The Morgan fingerprint density at radius 2 is 1.79 bits per heavy atom. The Morgan fingerprint density at radius 1 is 1.17 bits per heavy atom. The maximum absolute atomic E-state index is 12.6. The quantitative estimate of drug-likeness (QED) is 0.732. The fourth-order valence-electron chi connectivity index (χ4n) is 2.67. The number of hydrogen-bond donors (Lipinski definition) is 1. The number of sulfone groups is 1. The lowest BCUT2D eigenvalue weighted by Gasteiger charge is -2.14. The van der Waals surface area contributed by atoms with Gasteiger partial charge in [0.05, 0.1) is 11.3 Å². The number of halogens is 3. The summed E-state index contributed by atoms with van der Waals surface area (Å²) in [6, 6.07) is 7.48. The summed E-state index contributed by atoms with van der Waals surface area (Å²) in [7, 11) is -3.25. The molecular formula is C19H21F3N2O4S. The number of alkyl halides is 3. The molecule has 0 aliphatic rings. The molecular weight excluding hydrogens is 409 g/mol. The summed E-state index contributed by atoms with van der Waals surface area (Å²) in [6.45, 7) is 1.65. The van der Waals surface area contributed by atoms with Crippen molar-refractivity contribution in [1.82, 2.24) is 4.57 Å². The minimum absolute atomic E-state index is 0.00520. The number of nitrogens with one attached hydrogen (secondary N) is 1. The van der Waals surface area contributed by atoms with Crippen LogP contribution in [0.15, 0.2) is 47.4 Å². The number of aryl methyl sites for hydroxylation is 1. The van der Waals surface area contributed by atoms with Gasteiger partial charge in [-0.2, -0.15) is 13.2 Å². The van der Waals surface area contributed by atoms with Gasteiger partial charge in [0.2, 0.25) is 5.91 Å². The number of rotatable bonds is 7. The average molecular weight is 430 g/mol. The summed E-state index contributed by atoms with van der Waals surface area (Å²) >= 11 is 0. The van der Waals surface area contributed by atoms with Crippen LogP contribution in [0.2, 0.25) is 0 Å². The largest absolute Gasteiger partial charge is 0.416 e. The summed E-state index contributed by atoms with van der Waals surface area (Å²) in [4.78, 5) is 24.6.